The Labute approximate surface area is 182 Å². The van der Waals surface area contributed by atoms with E-state index in [4.69, 9.17) is 4.74 Å². The van der Waals surface area contributed by atoms with Gasteiger partial charge in [-0.15, -0.1) is 0 Å². The van der Waals surface area contributed by atoms with Gasteiger partial charge < -0.3 is 15.2 Å². The molecule has 0 saturated carbocycles. The van der Waals surface area contributed by atoms with Gasteiger partial charge in [0.15, 0.2) is 0 Å². The van der Waals surface area contributed by atoms with Gasteiger partial charge in [0.2, 0.25) is 0 Å². The van der Waals surface area contributed by atoms with Gasteiger partial charge in [-0.1, -0.05) is 76.6 Å². The number of alkyl carbamates (subject to hydrolysis) is 1. The first-order valence-electron chi connectivity index (χ1n) is 9.61. The van der Waals surface area contributed by atoms with Gasteiger partial charge in [-0.25, -0.2) is 9.59 Å². The van der Waals surface area contributed by atoms with E-state index in [1.54, 1.807) is 0 Å². The SMILES string of the molecule is O=C(N[C@@H](Cc1ccc(Br)cc1)C(=O)O)OCC1c2ccccc2-c2ccccc21. The minimum Gasteiger partial charge on any atom is -0.480 e. The largest absolute Gasteiger partial charge is 0.480 e. The maximum atomic E-state index is 12.4. The number of carbonyl (C=O) groups excluding carboxylic acids is 1. The summed E-state index contributed by atoms with van der Waals surface area (Å²) in [6, 6.07) is 22.4. The number of hydrogen-bond acceptors (Lipinski definition) is 3. The van der Waals surface area contributed by atoms with Crippen molar-refractivity contribution in [1.29, 1.82) is 0 Å². The van der Waals surface area contributed by atoms with E-state index in [1.165, 1.54) is 0 Å². The van der Waals surface area contributed by atoms with Crippen molar-refractivity contribution in [3.05, 3.63) is 94.0 Å². The van der Waals surface area contributed by atoms with Crippen molar-refractivity contribution in [2.75, 3.05) is 6.61 Å². The highest BCUT2D eigenvalue weighted by Gasteiger charge is 2.29. The quantitative estimate of drug-likeness (QED) is 0.537. The van der Waals surface area contributed by atoms with E-state index in [9.17, 15) is 14.7 Å². The fraction of sp³-hybridized carbons (Fsp3) is 0.167. The molecular formula is C24H20BrNO4. The zero-order valence-corrected chi connectivity index (χ0v) is 17.6. The summed E-state index contributed by atoms with van der Waals surface area (Å²) in [6.07, 6.45) is -0.561. The van der Waals surface area contributed by atoms with Crippen molar-refractivity contribution in [3.8, 4) is 11.1 Å². The number of aliphatic carboxylic acids is 1. The van der Waals surface area contributed by atoms with E-state index in [-0.39, 0.29) is 18.9 Å². The van der Waals surface area contributed by atoms with Crippen LogP contribution in [0.2, 0.25) is 0 Å². The van der Waals surface area contributed by atoms with Gasteiger partial charge in [-0.3, -0.25) is 0 Å². The number of amides is 1. The van der Waals surface area contributed by atoms with Crippen molar-refractivity contribution in [3.63, 3.8) is 0 Å². The minimum atomic E-state index is -1.11. The number of carboxylic acid groups (broad SMARTS) is 1. The molecule has 1 aliphatic rings. The molecule has 152 valence electrons. The topological polar surface area (TPSA) is 75.6 Å². The summed E-state index contributed by atoms with van der Waals surface area (Å²) in [5, 5.41) is 12.0. The Kier molecular flexibility index (Phi) is 5.86. The molecule has 30 heavy (non-hydrogen) atoms. The van der Waals surface area contributed by atoms with Gasteiger partial charge >= 0.3 is 12.1 Å². The second-order valence-electron chi connectivity index (χ2n) is 7.19. The number of nitrogens with one attached hydrogen (secondary N) is 1. The standard InChI is InChI=1S/C24H20BrNO4/c25-16-11-9-15(10-12-16)13-22(23(27)28)26-24(29)30-14-21-19-7-3-1-5-17(19)18-6-2-4-8-20(18)21/h1-12,21-22H,13-14H2,(H,26,29)(H,27,28)/t22-/m0/s1. The fourth-order valence-electron chi connectivity index (χ4n) is 3.84. The lowest BCUT2D eigenvalue weighted by Crippen LogP contribution is -2.42. The molecule has 0 radical (unpaired) electrons. The Morgan fingerprint density at radius 1 is 0.933 bits per heavy atom. The summed E-state index contributed by atoms with van der Waals surface area (Å²) in [5.41, 5.74) is 5.30. The summed E-state index contributed by atoms with van der Waals surface area (Å²) in [6.45, 7) is 0.143. The third kappa shape index (κ3) is 4.24. The Balaban J connectivity index is 1.43. The minimum absolute atomic E-state index is 0.0714. The summed E-state index contributed by atoms with van der Waals surface area (Å²) in [5.74, 6) is -1.18. The van der Waals surface area contributed by atoms with Gasteiger partial charge in [0.1, 0.15) is 12.6 Å². The lowest BCUT2D eigenvalue weighted by atomic mass is 9.98. The molecule has 0 fully saturated rings. The van der Waals surface area contributed by atoms with Crippen molar-refractivity contribution in [1.82, 2.24) is 5.32 Å². The van der Waals surface area contributed by atoms with Crippen LogP contribution in [0.1, 0.15) is 22.6 Å². The molecule has 0 unspecified atom stereocenters. The molecule has 6 heteroatoms. The first kappa shape index (κ1) is 20.2. The lowest BCUT2D eigenvalue weighted by Gasteiger charge is -2.17. The monoisotopic (exact) mass is 465 g/mol. The Hall–Kier alpha value is -3.12. The Morgan fingerprint density at radius 3 is 2.07 bits per heavy atom. The molecule has 1 atom stereocenters. The molecule has 1 amide bonds. The molecule has 0 aliphatic heterocycles. The first-order chi connectivity index (χ1) is 14.5. The van der Waals surface area contributed by atoms with Crippen LogP contribution in [0.4, 0.5) is 4.79 Å². The van der Waals surface area contributed by atoms with E-state index in [0.29, 0.717) is 0 Å². The van der Waals surface area contributed by atoms with Gasteiger partial charge in [-0.2, -0.15) is 0 Å². The van der Waals surface area contributed by atoms with Crippen LogP contribution in [0.25, 0.3) is 11.1 Å². The number of rotatable bonds is 6. The molecule has 0 bridgehead atoms. The molecule has 0 heterocycles. The molecule has 5 nitrogen and oxygen atoms in total. The second-order valence-corrected chi connectivity index (χ2v) is 8.11. The molecule has 0 spiro atoms. The number of ether oxygens (including phenoxy) is 1. The molecule has 0 saturated heterocycles. The average molecular weight is 466 g/mol. The van der Waals surface area contributed by atoms with Crippen LogP contribution in [0.3, 0.4) is 0 Å². The first-order valence-corrected chi connectivity index (χ1v) is 10.4. The highest BCUT2D eigenvalue weighted by molar-refractivity contribution is 9.10. The second kappa shape index (κ2) is 8.71. The Bertz CT molecular complexity index is 1040. The number of fused-ring (bicyclic) bond motifs is 3. The van der Waals surface area contributed by atoms with Crippen molar-refractivity contribution < 1.29 is 19.4 Å². The zero-order chi connectivity index (χ0) is 21.1. The smallest absolute Gasteiger partial charge is 0.407 e. The third-order valence-electron chi connectivity index (χ3n) is 5.29. The van der Waals surface area contributed by atoms with Crippen LogP contribution in [0.5, 0.6) is 0 Å². The highest BCUT2D eigenvalue weighted by Crippen LogP contribution is 2.44. The van der Waals surface area contributed by atoms with Crippen molar-refractivity contribution in [2.45, 2.75) is 18.4 Å². The van der Waals surface area contributed by atoms with Gasteiger partial charge in [0.25, 0.3) is 0 Å². The van der Waals surface area contributed by atoms with Crippen LogP contribution < -0.4 is 5.32 Å². The molecule has 2 N–H and O–H groups in total. The average Bonchev–Trinajstić information content (AvgIpc) is 3.07. The molecule has 3 aromatic rings. The molecule has 0 aromatic heterocycles. The van der Waals surface area contributed by atoms with Gasteiger partial charge in [-0.05, 0) is 39.9 Å². The maximum absolute atomic E-state index is 12.4. The van der Waals surface area contributed by atoms with Crippen molar-refractivity contribution in [2.24, 2.45) is 0 Å². The van der Waals surface area contributed by atoms with E-state index < -0.39 is 18.1 Å². The Morgan fingerprint density at radius 2 is 1.50 bits per heavy atom. The number of carbonyl (C=O) groups is 2. The van der Waals surface area contributed by atoms with Gasteiger partial charge in [0, 0.05) is 16.8 Å². The summed E-state index contributed by atoms with van der Waals surface area (Å²) in [4.78, 5) is 24.0. The van der Waals surface area contributed by atoms with E-state index in [2.05, 4.69) is 33.4 Å². The zero-order valence-electron chi connectivity index (χ0n) is 16.0. The summed E-state index contributed by atoms with van der Waals surface area (Å²) >= 11 is 3.35. The number of carboxylic acids is 1. The van der Waals surface area contributed by atoms with Crippen LogP contribution in [0, 0.1) is 0 Å². The van der Waals surface area contributed by atoms with Crippen LogP contribution >= 0.6 is 15.9 Å². The third-order valence-corrected chi connectivity index (χ3v) is 5.82. The van der Waals surface area contributed by atoms with Crippen LogP contribution in [0.15, 0.2) is 77.3 Å². The lowest BCUT2D eigenvalue weighted by molar-refractivity contribution is -0.139. The van der Waals surface area contributed by atoms with E-state index in [1.807, 2.05) is 60.7 Å². The molecular weight excluding hydrogens is 446 g/mol. The molecule has 4 rings (SSSR count). The molecule has 1 aliphatic carbocycles. The van der Waals surface area contributed by atoms with Crippen LogP contribution in [-0.2, 0) is 16.0 Å². The van der Waals surface area contributed by atoms with Crippen molar-refractivity contribution >= 4 is 28.0 Å². The van der Waals surface area contributed by atoms with E-state index >= 15 is 0 Å². The predicted octanol–water partition coefficient (Wildman–Crippen LogP) is 4.98. The normalized spacial score (nSPS) is 13.2. The highest BCUT2D eigenvalue weighted by atomic mass is 79.9. The summed E-state index contributed by atoms with van der Waals surface area (Å²) < 4.78 is 6.36. The van der Waals surface area contributed by atoms with Gasteiger partial charge in [0.05, 0.1) is 0 Å². The van der Waals surface area contributed by atoms with E-state index in [0.717, 1.165) is 32.3 Å². The number of benzene rings is 3. The fourth-order valence-corrected chi connectivity index (χ4v) is 4.10. The predicted molar refractivity (Wildman–Crippen MR) is 117 cm³/mol. The maximum Gasteiger partial charge on any atom is 0.407 e. The van der Waals surface area contributed by atoms with Crippen LogP contribution in [-0.4, -0.2) is 29.8 Å². The summed E-state index contributed by atoms with van der Waals surface area (Å²) in [7, 11) is 0. The number of halogens is 1. The number of hydrogen-bond donors (Lipinski definition) is 2. The molecule has 3 aromatic carbocycles.